The van der Waals surface area contributed by atoms with E-state index in [2.05, 4.69) is 15.9 Å². The van der Waals surface area contributed by atoms with Gasteiger partial charge in [0.05, 0.1) is 19.0 Å². The highest BCUT2D eigenvalue weighted by atomic mass is 79.9. The minimum atomic E-state index is -3.50. The van der Waals surface area contributed by atoms with Crippen LogP contribution in [0.1, 0.15) is 37.7 Å². The lowest BCUT2D eigenvalue weighted by Gasteiger charge is -2.36. The summed E-state index contributed by atoms with van der Waals surface area (Å²) < 4.78 is 29.8. The standard InChI is InChI=1S/C15H20BrClO3S/c16-14-7-3-2-6-13(14)10-20-11-15(12-21(17,18)19)8-4-1-5-9-15/h2-3,6-7H,1,4-5,8-12H2. The molecule has 21 heavy (non-hydrogen) atoms. The van der Waals surface area contributed by atoms with Crippen LogP contribution in [0.2, 0.25) is 0 Å². The van der Waals surface area contributed by atoms with Crippen LogP contribution in [0.15, 0.2) is 28.7 Å². The Morgan fingerprint density at radius 1 is 1.19 bits per heavy atom. The number of rotatable bonds is 6. The van der Waals surface area contributed by atoms with Crippen LogP contribution >= 0.6 is 26.6 Å². The molecule has 0 N–H and O–H groups in total. The van der Waals surface area contributed by atoms with E-state index in [0.717, 1.165) is 42.1 Å². The van der Waals surface area contributed by atoms with E-state index in [9.17, 15) is 8.42 Å². The van der Waals surface area contributed by atoms with Gasteiger partial charge in [0.15, 0.2) is 0 Å². The lowest BCUT2D eigenvalue weighted by Crippen LogP contribution is -2.35. The zero-order chi connectivity index (χ0) is 15.3. The third-order valence-corrected chi connectivity index (χ3v) is 6.07. The molecular weight excluding hydrogens is 376 g/mol. The Bertz CT molecular complexity index is 568. The van der Waals surface area contributed by atoms with Crippen LogP contribution in [0.25, 0.3) is 0 Å². The molecule has 1 saturated carbocycles. The molecule has 1 aliphatic carbocycles. The van der Waals surface area contributed by atoms with Gasteiger partial charge in [-0.2, -0.15) is 0 Å². The molecule has 0 amide bonds. The summed E-state index contributed by atoms with van der Waals surface area (Å²) in [4.78, 5) is 0. The topological polar surface area (TPSA) is 43.4 Å². The second-order valence-corrected chi connectivity index (χ2v) is 9.46. The Morgan fingerprint density at radius 3 is 2.48 bits per heavy atom. The molecule has 2 rings (SSSR count). The zero-order valence-electron chi connectivity index (χ0n) is 11.9. The van der Waals surface area contributed by atoms with Crippen molar-refractivity contribution >= 4 is 35.7 Å². The largest absolute Gasteiger partial charge is 0.376 e. The summed E-state index contributed by atoms with van der Waals surface area (Å²) in [5.41, 5.74) is 0.747. The molecule has 0 spiro atoms. The third kappa shape index (κ3) is 5.55. The molecule has 0 aliphatic heterocycles. The first-order valence-electron chi connectivity index (χ1n) is 7.14. The van der Waals surface area contributed by atoms with E-state index in [1.807, 2.05) is 24.3 Å². The Hall–Kier alpha value is -0.100. The summed E-state index contributed by atoms with van der Waals surface area (Å²) in [6, 6.07) is 7.88. The van der Waals surface area contributed by atoms with Gasteiger partial charge in [0.2, 0.25) is 9.05 Å². The van der Waals surface area contributed by atoms with Crippen LogP contribution in [-0.4, -0.2) is 20.8 Å². The Kier molecular flexibility index (Phi) is 6.12. The molecule has 1 aromatic carbocycles. The minimum Gasteiger partial charge on any atom is -0.376 e. The number of hydrogen-bond donors (Lipinski definition) is 0. The van der Waals surface area contributed by atoms with E-state index in [1.165, 1.54) is 0 Å². The van der Waals surface area contributed by atoms with Gasteiger partial charge in [0, 0.05) is 20.6 Å². The van der Waals surface area contributed by atoms with Gasteiger partial charge in [-0.15, -0.1) is 0 Å². The first kappa shape index (κ1) is 17.3. The van der Waals surface area contributed by atoms with Crippen LogP contribution in [0.5, 0.6) is 0 Å². The third-order valence-electron chi connectivity index (χ3n) is 4.02. The van der Waals surface area contributed by atoms with Crippen molar-refractivity contribution in [2.75, 3.05) is 12.4 Å². The van der Waals surface area contributed by atoms with E-state index in [4.69, 9.17) is 15.4 Å². The summed E-state index contributed by atoms with van der Waals surface area (Å²) in [6.07, 6.45) is 4.99. The Labute approximate surface area is 139 Å². The van der Waals surface area contributed by atoms with Gasteiger partial charge in [-0.3, -0.25) is 0 Å². The van der Waals surface area contributed by atoms with Crippen LogP contribution in [0.3, 0.4) is 0 Å². The Morgan fingerprint density at radius 2 is 1.86 bits per heavy atom. The first-order chi connectivity index (χ1) is 9.90. The fourth-order valence-electron chi connectivity index (χ4n) is 2.99. The van der Waals surface area contributed by atoms with Crippen molar-refractivity contribution in [3.05, 3.63) is 34.3 Å². The van der Waals surface area contributed by atoms with Crippen LogP contribution in [-0.2, 0) is 20.4 Å². The van der Waals surface area contributed by atoms with Gasteiger partial charge >= 0.3 is 0 Å². The van der Waals surface area contributed by atoms with Crippen molar-refractivity contribution in [2.24, 2.45) is 5.41 Å². The average molecular weight is 396 g/mol. The fourth-order valence-corrected chi connectivity index (χ4v) is 5.19. The maximum absolute atomic E-state index is 11.5. The molecule has 0 saturated heterocycles. The molecule has 1 fully saturated rings. The molecule has 1 aliphatic rings. The second kappa shape index (κ2) is 7.44. The van der Waals surface area contributed by atoms with E-state index < -0.39 is 9.05 Å². The molecule has 3 nitrogen and oxygen atoms in total. The molecule has 1 aromatic rings. The normalized spacial score (nSPS) is 18.6. The van der Waals surface area contributed by atoms with Gasteiger partial charge in [0.1, 0.15) is 0 Å². The number of hydrogen-bond acceptors (Lipinski definition) is 3. The van der Waals surface area contributed by atoms with Crippen LogP contribution < -0.4 is 0 Å². The molecule has 0 radical (unpaired) electrons. The van der Waals surface area contributed by atoms with Crippen LogP contribution in [0.4, 0.5) is 0 Å². The van der Waals surface area contributed by atoms with Gasteiger partial charge in [-0.1, -0.05) is 53.4 Å². The number of ether oxygens (including phenoxy) is 1. The molecule has 0 unspecified atom stereocenters. The van der Waals surface area contributed by atoms with Crippen molar-refractivity contribution < 1.29 is 13.2 Å². The summed E-state index contributed by atoms with van der Waals surface area (Å²) in [5, 5.41) is 0. The van der Waals surface area contributed by atoms with E-state index in [1.54, 1.807) is 0 Å². The highest BCUT2D eigenvalue weighted by Crippen LogP contribution is 2.38. The summed E-state index contributed by atoms with van der Waals surface area (Å²) in [6.45, 7) is 0.922. The SMILES string of the molecule is O=S(=O)(Cl)CC1(COCc2ccccc2Br)CCCCC1. The molecular formula is C15H20BrClO3S. The van der Waals surface area contributed by atoms with Gasteiger partial charge < -0.3 is 4.74 Å². The smallest absolute Gasteiger partial charge is 0.233 e. The lowest BCUT2D eigenvalue weighted by molar-refractivity contribution is 0.0240. The molecule has 0 heterocycles. The lowest BCUT2D eigenvalue weighted by atomic mass is 9.76. The second-order valence-electron chi connectivity index (χ2n) is 5.83. The van der Waals surface area contributed by atoms with Crippen molar-refractivity contribution in [1.82, 2.24) is 0 Å². The van der Waals surface area contributed by atoms with E-state index in [0.29, 0.717) is 13.2 Å². The molecule has 118 valence electrons. The van der Waals surface area contributed by atoms with E-state index in [-0.39, 0.29) is 11.2 Å². The minimum absolute atomic E-state index is 0.0114. The predicted octanol–water partition coefficient (Wildman–Crippen LogP) is 4.48. The van der Waals surface area contributed by atoms with Gasteiger partial charge in [-0.25, -0.2) is 8.42 Å². The van der Waals surface area contributed by atoms with Crippen molar-refractivity contribution in [1.29, 1.82) is 0 Å². The van der Waals surface area contributed by atoms with Crippen LogP contribution in [0, 0.1) is 5.41 Å². The van der Waals surface area contributed by atoms with E-state index >= 15 is 0 Å². The summed E-state index contributed by atoms with van der Waals surface area (Å²) in [7, 11) is 1.98. The van der Waals surface area contributed by atoms with Gasteiger partial charge in [-0.05, 0) is 24.5 Å². The maximum Gasteiger partial charge on any atom is 0.233 e. The first-order valence-corrected chi connectivity index (χ1v) is 10.4. The number of halogens is 2. The maximum atomic E-state index is 11.5. The average Bonchev–Trinajstić information content (AvgIpc) is 2.40. The number of benzene rings is 1. The quantitative estimate of drug-likeness (QED) is 0.667. The monoisotopic (exact) mass is 394 g/mol. The van der Waals surface area contributed by atoms with Crippen molar-refractivity contribution in [3.63, 3.8) is 0 Å². The predicted molar refractivity (Wildman–Crippen MR) is 89.0 cm³/mol. The highest BCUT2D eigenvalue weighted by molar-refractivity contribution is 9.10. The highest BCUT2D eigenvalue weighted by Gasteiger charge is 2.36. The summed E-state index contributed by atoms with van der Waals surface area (Å²) in [5.74, 6) is 0.0114. The van der Waals surface area contributed by atoms with Crippen molar-refractivity contribution in [2.45, 2.75) is 38.7 Å². The summed E-state index contributed by atoms with van der Waals surface area (Å²) >= 11 is 3.49. The molecule has 6 heteroatoms. The molecule has 0 atom stereocenters. The fraction of sp³-hybridized carbons (Fsp3) is 0.600. The molecule has 0 aromatic heterocycles. The van der Waals surface area contributed by atoms with Gasteiger partial charge in [0.25, 0.3) is 0 Å². The Balaban J connectivity index is 1.98. The zero-order valence-corrected chi connectivity index (χ0v) is 15.0. The van der Waals surface area contributed by atoms with Crippen molar-refractivity contribution in [3.8, 4) is 0 Å². The molecule has 0 bridgehead atoms.